The van der Waals surface area contributed by atoms with Gasteiger partial charge < -0.3 is 4.55 Å². The first-order valence-electron chi connectivity index (χ1n) is 10.8. The number of hydrogen-bond acceptors (Lipinski definition) is 3. The molecule has 0 spiro atoms. The summed E-state index contributed by atoms with van der Waals surface area (Å²) in [6.07, 6.45) is 22.2. The zero-order valence-corrected chi connectivity index (χ0v) is 20.0. The molecule has 0 aromatic heterocycles. The summed E-state index contributed by atoms with van der Waals surface area (Å²) in [5.74, 6) is 0. The van der Waals surface area contributed by atoms with Crippen LogP contribution in [0.2, 0.25) is 0 Å². The van der Waals surface area contributed by atoms with Crippen LogP contribution in [-0.2, 0) is 10.1 Å². The van der Waals surface area contributed by atoms with Gasteiger partial charge in [0.25, 0.3) is 0 Å². The van der Waals surface area contributed by atoms with Gasteiger partial charge in [-0.25, -0.2) is 8.42 Å². The fourth-order valence-corrected chi connectivity index (χ4v) is 6.73. The lowest BCUT2D eigenvalue weighted by Gasteiger charge is -2.23. The van der Waals surface area contributed by atoms with Crippen LogP contribution in [0.25, 0.3) is 0 Å². The predicted octanol–water partition coefficient (Wildman–Crippen LogP) is 7.43. The Labute approximate surface area is 172 Å². The van der Waals surface area contributed by atoms with Gasteiger partial charge in [-0.15, -0.1) is 0 Å². The highest BCUT2D eigenvalue weighted by Crippen LogP contribution is 2.57. The van der Waals surface area contributed by atoms with Crippen molar-refractivity contribution in [3.05, 3.63) is 0 Å². The lowest BCUT2D eigenvalue weighted by molar-refractivity contribution is -0.0517. The quantitative estimate of drug-likeness (QED) is 0.113. The van der Waals surface area contributed by atoms with E-state index in [-0.39, 0.29) is 0 Å². The highest BCUT2D eigenvalue weighted by molar-refractivity contribution is 7.86. The monoisotopic (exact) mass is 450 g/mol. The first-order valence-corrected chi connectivity index (χ1v) is 15.0. The molecule has 0 saturated heterocycles. The second-order valence-corrected chi connectivity index (χ2v) is 13.8. The Morgan fingerprint density at radius 1 is 0.679 bits per heavy atom. The molecular weight excluding hydrogens is 408 g/mol. The summed E-state index contributed by atoms with van der Waals surface area (Å²) in [6, 6.07) is 0. The Morgan fingerprint density at radius 2 is 0.929 bits per heavy atom. The molecule has 0 aliphatic carbocycles. The number of halogens is 3. The van der Waals surface area contributed by atoms with Crippen LogP contribution in [0.5, 0.6) is 0 Å². The van der Waals surface area contributed by atoms with E-state index in [9.17, 15) is 13.2 Å². The SMILES string of the molecule is CCCCCC[P+](C)(CCCCCC)CCCCCC.O=S(=O)([O-])C(F)(F)F. The van der Waals surface area contributed by atoms with Gasteiger partial charge >= 0.3 is 5.51 Å². The molecule has 0 bridgehead atoms. The van der Waals surface area contributed by atoms with E-state index in [4.69, 9.17) is 13.0 Å². The van der Waals surface area contributed by atoms with Crippen molar-refractivity contribution in [2.45, 2.75) is 103 Å². The molecule has 0 N–H and O–H groups in total. The zero-order valence-electron chi connectivity index (χ0n) is 18.3. The molecule has 0 saturated carbocycles. The molecule has 0 heterocycles. The molecular formula is C20H42F3O3PS. The van der Waals surface area contributed by atoms with Crippen molar-refractivity contribution in [3.63, 3.8) is 0 Å². The summed E-state index contributed by atoms with van der Waals surface area (Å²) in [5, 5.41) is 0. The molecule has 0 aliphatic heterocycles. The number of rotatable bonds is 15. The smallest absolute Gasteiger partial charge is 0.485 e. The van der Waals surface area contributed by atoms with E-state index in [0.29, 0.717) is 0 Å². The highest BCUT2D eigenvalue weighted by Gasteiger charge is 2.37. The van der Waals surface area contributed by atoms with Crippen LogP contribution in [0, 0.1) is 0 Å². The van der Waals surface area contributed by atoms with Crippen LogP contribution < -0.4 is 0 Å². The van der Waals surface area contributed by atoms with Gasteiger partial charge in [-0.05, 0) is 38.5 Å². The summed E-state index contributed by atoms with van der Waals surface area (Å²) < 4.78 is 58.9. The van der Waals surface area contributed by atoms with Crippen molar-refractivity contribution in [2.24, 2.45) is 0 Å². The molecule has 0 radical (unpaired) electrons. The van der Waals surface area contributed by atoms with E-state index < -0.39 is 22.9 Å². The Bertz CT molecular complexity index is 423. The normalized spacial score (nSPS) is 12.6. The third-order valence-electron chi connectivity index (χ3n) is 4.94. The lowest BCUT2D eigenvalue weighted by atomic mass is 10.2. The Morgan fingerprint density at radius 3 is 1.11 bits per heavy atom. The summed E-state index contributed by atoms with van der Waals surface area (Å²) in [5.41, 5.74) is -5.65. The Kier molecular flexibility index (Phi) is 18.3. The van der Waals surface area contributed by atoms with Gasteiger partial charge in [0.15, 0.2) is 10.1 Å². The van der Waals surface area contributed by atoms with E-state index in [1.165, 1.54) is 77.0 Å². The molecule has 0 aliphatic rings. The third-order valence-corrected chi connectivity index (χ3v) is 9.69. The minimum absolute atomic E-state index is 0.590. The van der Waals surface area contributed by atoms with Crippen molar-refractivity contribution in [1.29, 1.82) is 0 Å². The van der Waals surface area contributed by atoms with Crippen molar-refractivity contribution in [2.75, 3.05) is 25.2 Å². The Balaban J connectivity index is 0. The van der Waals surface area contributed by atoms with Crippen LogP contribution in [0.3, 0.4) is 0 Å². The van der Waals surface area contributed by atoms with Crippen LogP contribution in [0.15, 0.2) is 0 Å². The Hall–Kier alpha value is 0.130. The van der Waals surface area contributed by atoms with Crippen LogP contribution >= 0.6 is 7.26 Å². The van der Waals surface area contributed by atoms with E-state index in [1.54, 1.807) is 18.5 Å². The van der Waals surface area contributed by atoms with Crippen molar-refractivity contribution >= 4 is 17.4 Å². The minimum Gasteiger partial charge on any atom is -0.741 e. The van der Waals surface area contributed by atoms with Gasteiger partial charge in [0.2, 0.25) is 0 Å². The first-order chi connectivity index (χ1) is 12.9. The van der Waals surface area contributed by atoms with E-state index in [1.807, 2.05) is 0 Å². The molecule has 0 atom stereocenters. The van der Waals surface area contributed by atoms with Crippen molar-refractivity contribution < 1.29 is 26.1 Å². The van der Waals surface area contributed by atoms with Gasteiger partial charge in [-0.1, -0.05) is 59.3 Å². The first kappa shape index (κ1) is 30.3. The van der Waals surface area contributed by atoms with E-state index >= 15 is 0 Å². The van der Waals surface area contributed by atoms with Gasteiger partial charge in [0, 0.05) is 13.9 Å². The van der Waals surface area contributed by atoms with Gasteiger partial charge in [-0.3, -0.25) is 0 Å². The molecule has 0 fully saturated rings. The predicted molar refractivity (Wildman–Crippen MR) is 116 cm³/mol. The molecule has 0 amide bonds. The largest absolute Gasteiger partial charge is 0.741 e. The van der Waals surface area contributed by atoms with Crippen LogP contribution in [-0.4, -0.2) is 43.6 Å². The van der Waals surface area contributed by atoms with Crippen LogP contribution in [0.1, 0.15) is 97.8 Å². The second kappa shape index (κ2) is 16.9. The maximum Gasteiger partial charge on any atom is 0.485 e. The average Bonchev–Trinajstić information content (AvgIpc) is 2.59. The molecule has 0 aromatic carbocycles. The van der Waals surface area contributed by atoms with Crippen molar-refractivity contribution in [1.82, 2.24) is 0 Å². The van der Waals surface area contributed by atoms with E-state index in [2.05, 4.69) is 27.4 Å². The number of unbranched alkanes of at least 4 members (excludes halogenated alkanes) is 9. The molecule has 3 nitrogen and oxygen atoms in total. The van der Waals surface area contributed by atoms with E-state index in [0.717, 1.165) is 0 Å². The summed E-state index contributed by atoms with van der Waals surface area (Å²) in [7, 11) is -6.68. The summed E-state index contributed by atoms with van der Waals surface area (Å²) in [6.45, 7) is 9.66. The fraction of sp³-hybridized carbons (Fsp3) is 1.00. The molecule has 0 unspecified atom stereocenters. The molecule has 28 heavy (non-hydrogen) atoms. The lowest BCUT2D eigenvalue weighted by Crippen LogP contribution is -2.21. The summed E-state index contributed by atoms with van der Waals surface area (Å²) in [4.78, 5) is 0. The fourth-order valence-electron chi connectivity index (χ4n) is 3.10. The maximum absolute atomic E-state index is 10.7. The van der Waals surface area contributed by atoms with Gasteiger partial charge in [0.1, 0.15) is 0 Å². The number of hydrogen-bond donors (Lipinski definition) is 0. The third kappa shape index (κ3) is 18.2. The van der Waals surface area contributed by atoms with Gasteiger partial charge in [0.05, 0.1) is 18.5 Å². The average molecular weight is 451 g/mol. The number of alkyl halides is 3. The highest BCUT2D eigenvalue weighted by atomic mass is 32.2. The second-order valence-electron chi connectivity index (χ2n) is 7.87. The molecule has 8 heteroatoms. The standard InChI is InChI=1S/C19H42P.CHF3O3S/c1-5-8-11-14-17-20(4,18-15-12-9-6-2)19-16-13-10-7-3;2-1(3,4)8(5,6)7/h5-19H2,1-4H3;(H,5,6,7)/q+1;/p-1. The maximum atomic E-state index is 10.7. The van der Waals surface area contributed by atoms with Gasteiger partial charge in [-0.2, -0.15) is 13.2 Å². The molecule has 0 aromatic rings. The van der Waals surface area contributed by atoms with Crippen LogP contribution in [0.4, 0.5) is 13.2 Å². The molecule has 172 valence electrons. The molecule has 0 rings (SSSR count). The zero-order chi connectivity index (χ0) is 22.1. The minimum atomic E-state index is -6.09. The van der Waals surface area contributed by atoms with Crippen molar-refractivity contribution in [3.8, 4) is 0 Å². The summed E-state index contributed by atoms with van der Waals surface area (Å²) >= 11 is 0. The topological polar surface area (TPSA) is 57.2 Å².